The Labute approximate surface area is 159 Å². The van der Waals surface area contributed by atoms with Crippen LogP contribution in [-0.4, -0.2) is 36.6 Å². The van der Waals surface area contributed by atoms with E-state index in [0.717, 1.165) is 29.8 Å². The van der Waals surface area contributed by atoms with E-state index >= 15 is 0 Å². The van der Waals surface area contributed by atoms with Gasteiger partial charge in [-0.25, -0.2) is 0 Å². The van der Waals surface area contributed by atoms with Crippen molar-refractivity contribution in [1.82, 2.24) is 0 Å². The Morgan fingerprint density at radius 1 is 1.00 bits per heavy atom. The summed E-state index contributed by atoms with van der Waals surface area (Å²) in [4.78, 5) is 13.0. The van der Waals surface area contributed by atoms with E-state index in [-0.39, 0.29) is 6.42 Å². The highest BCUT2D eigenvalue weighted by molar-refractivity contribution is 5.81. The molecule has 0 aromatic heterocycles. The molecule has 0 radical (unpaired) electrons. The molecule has 2 rings (SSSR count). The van der Waals surface area contributed by atoms with Gasteiger partial charge in [0.05, 0.1) is 12.4 Å². The summed E-state index contributed by atoms with van der Waals surface area (Å²) in [5.41, 5.74) is 4.06. The van der Waals surface area contributed by atoms with E-state index in [2.05, 4.69) is 15.1 Å². The average Bonchev–Trinajstić information content (AvgIpc) is 2.66. The number of aliphatic carboxylic acids is 1. The van der Waals surface area contributed by atoms with Gasteiger partial charge in [-0.1, -0.05) is 36.4 Å². The summed E-state index contributed by atoms with van der Waals surface area (Å²) in [5, 5.41) is 16.0. The predicted octanol–water partition coefficient (Wildman–Crippen LogP) is 2.19. The van der Waals surface area contributed by atoms with Crippen molar-refractivity contribution >= 4 is 24.1 Å². The normalized spacial score (nSPS) is 11.3. The lowest BCUT2D eigenvalue weighted by molar-refractivity contribution is -0.137. The lowest BCUT2D eigenvalue weighted by Crippen LogP contribution is -2.27. The zero-order chi connectivity index (χ0) is 19.5. The van der Waals surface area contributed by atoms with Gasteiger partial charge in [0.15, 0.2) is 0 Å². The van der Waals surface area contributed by atoms with Gasteiger partial charge in [-0.3, -0.25) is 4.79 Å². The van der Waals surface area contributed by atoms with Gasteiger partial charge in [-0.05, 0) is 41.7 Å². The summed E-state index contributed by atoms with van der Waals surface area (Å²) >= 11 is 0. The molecule has 2 aromatic carbocycles. The molecule has 0 atom stereocenters. The highest BCUT2D eigenvalue weighted by Gasteiger charge is 2.09. The Hall–Kier alpha value is -3.35. The number of carbonyl (C=O) groups is 1. The van der Waals surface area contributed by atoms with Crippen LogP contribution in [0.5, 0.6) is 0 Å². The summed E-state index contributed by atoms with van der Waals surface area (Å²) in [6.45, 7) is 1.43. The summed E-state index contributed by atoms with van der Waals surface area (Å²) in [6, 6.07) is 15.9. The van der Waals surface area contributed by atoms with E-state index in [4.69, 9.17) is 16.8 Å². The van der Waals surface area contributed by atoms with Crippen molar-refractivity contribution in [2.75, 3.05) is 18.0 Å². The average molecular weight is 367 g/mol. The molecule has 0 saturated heterocycles. The molecule has 0 amide bonds. The SMILES string of the molecule is NN=Cc1ccc(CCN(CCCC(=O)O)c2cccc(C=NN)c2)cc1. The third-order valence-corrected chi connectivity index (χ3v) is 4.15. The maximum Gasteiger partial charge on any atom is 0.303 e. The Morgan fingerprint density at radius 3 is 2.37 bits per heavy atom. The number of hydrogen-bond acceptors (Lipinski definition) is 6. The molecule has 7 heteroatoms. The number of nitrogens with two attached hydrogens (primary N) is 2. The molecule has 0 aliphatic carbocycles. The molecule has 0 aliphatic heterocycles. The summed E-state index contributed by atoms with van der Waals surface area (Å²) in [7, 11) is 0. The van der Waals surface area contributed by atoms with Crippen molar-refractivity contribution in [1.29, 1.82) is 0 Å². The van der Waals surface area contributed by atoms with Gasteiger partial charge in [-0.2, -0.15) is 10.2 Å². The second kappa shape index (κ2) is 10.6. The highest BCUT2D eigenvalue weighted by Crippen LogP contribution is 2.17. The number of carboxylic acid groups (broad SMARTS) is 1. The van der Waals surface area contributed by atoms with E-state index in [0.29, 0.717) is 13.0 Å². The fourth-order valence-electron chi connectivity index (χ4n) is 2.80. The topological polar surface area (TPSA) is 117 Å². The molecular weight excluding hydrogens is 342 g/mol. The van der Waals surface area contributed by atoms with Crippen LogP contribution >= 0.6 is 0 Å². The van der Waals surface area contributed by atoms with Crippen LogP contribution in [0.1, 0.15) is 29.5 Å². The van der Waals surface area contributed by atoms with Gasteiger partial charge in [0.25, 0.3) is 0 Å². The second-order valence-corrected chi connectivity index (χ2v) is 6.13. The molecule has 7 nitrogen and oxygen atoms in total. The van der Waals surface area contributed by atoms with Crippen LogP contribution in [0.15, 0.2) is 58.7 Å². The molecular formula is C20H25N5O2. The molecule has 0 heterocycles. The van der Waals surface area contributed by atoms with E-state index in [1.807, 2.05) is 48.5 Å². The molecule has 142 valence electrons. The van der Waals surface area contributed by atoms with Crippen molar-refractivity contribution < 1.29 is 9.90 Å². The minimum absolute atomic E-state index is 0.146. The lowest BCUT2D eigenvalue weighted by atomic mass is 10.1. The van der Waals surface area contributed by atoms with E-state index in [1.165, 1.54) is 5.56 Å². The van der Waals surface area contributed by atoms with Crippen LogP contribution in [0.25, 0.3) is 0 Å². The van der Waals surface area contributed by atoms with Gasteiger partial charge in [0.1, 0.15) is 0 Å². The van der Waals surface area contributed by atoms with Gasteiger partial charge in [-0.15, -0.1) is 0 Å². The van der Waals surface area contributed by atoms with Gasteiger partial charge in [0.2, 0.25) is 0 Å². The van der Waals surface area contributed by atoms with Crippen LogP contribution in [0.3, 0.4) is 0 Å². The molecule has 0 saturated carbocycles. The third-order valence-electron chi connectivity index (χ3n) is 4.15. The maximum atomic E-state index is 10.9. The van der Waals surface area contributed by atoms with Crippen molar-refractivity contribution in [3.8, 4) is 0 Å². The standard InChI is InChI=1S/C20H25N5O2/c21-23-14-17-8-6-16(7-9-17)10-12-25(11-2-5-20(26)27)19-4-1-3-18(13-19)15-24-22/h1,3-4,6-9,13-15H,2,5,10-12,21-22H2,(H,26,27). The molecule has 27 heavy (non-hydrogen) atoms. The van der Waals surface area contributed by atoms with E-state index in [1.54, 1.807) is 12.4 Å². The van der Waals surface area contributed by atoms with Crippen molar-refractivity contribution in [3.05, 3.63) is 65.2 Å². The van der Waals surface area contributed by atoms with Gasteiger partial charge < -0.3 is 21.7 Å². The number of anilines is 1. The van der Waals surface area contributed by atoms with Crippen LogP contribution in [0.2, 0.25) is 0 Å². The van der Waals surface area contributed by atoms with Crippen LogP contribution in [-0.2, 0) is 11.2 Å². The fraction of sp³-hybridized carbons (Fsp3) is 0.250. The smallest absolute Gasteiger partial charge is 0.303 e. The number of carboxylic acids is 1. The summed E-state index contributed by atoms with van der Waals surface area (Å²) in [5.74, 6) is 9.63. The van der Waals surface area contributed by atoms with Gasteiger partial charge in [0, 0.05) is 25.2 Å². The second-order valence-electron chi connectivity index (χ2n) is 6.13. The number of benzene rings is 2. The van der Waals surface area contributed by atoms with Crippen LogP contribution in [0.4, 0.5) is 5.69 Å². The highest BCUT2D eigenvalue weighted by atomic mass is 16.4. The molecule has 2 aromatic rings. The monoisotopic (exact) mass is 367 g/mol. The van der Waals surface area contributed by atoms with Gasteiger partial charge >= 0.3 is 5.97 Å². The molecule has 5 N–H and O–H groups in total. The Kier molecular flexibility index (Phi) is 7.84. The lowest BCUT2D eigenvalue weighted by Gasteiger charge is -2.25. The van der Waals surface area contributed by atoms with E-state index < -0.39 is 5.97 Å². The van der Waals surface area contributed by atoms with Crippen molar-refractivity contribution in [2.24, 2.45) is 21.9 Å². The zero-order valence-electron chi connectivity index (χ0n) is 15.2. The number of nitrogens with zero attached hydrogens (tertiary/aromatic N) is 3. The minimum atomic E-state index is -0.781. The minimum Gasteiger partial charge on any atom is -0.481 e. The largest absolute Gasteiger partial charge is 0.481 e. The van der Waals surface area contributed by atoms with Crippen LogP contribution in [0, 0.1) is 0 Å². The van der Waals surface area contributed by atoms with Crippen molar-refractivity contribution in [2.45, 2.75) is 19.3 Å². The molecule has 0 unspecified atom stereocenters. The number of hydrogen-bond donors (Lipinski definition) is 3. The first-order valence-corrected chi connectivity index (χ1v) is 8.74. The van der Waals surface area contributed by atoms with E-state index in [9.17, 15) is 4.79 Å². The number of rotatable bonds is 10. The molecule has 0 bridgehead atoms. The first-order valence-electron chi connectivity index (χ1n) is 8.74. The summed E-state index contributed by atoms with van der Waals surface area (Å²) in [6.07, 6.45) is 4.76. The predicted molar refractivity (Wildman–Crippen MR) is 109 cm³/mol. The molecule has 0 aliphatic rings. The Morgan fingerprint density at radius 2 is 1.70 bits per heavy atom. The van der Waals surface area contributed by atoms with Crippen molar-refractivity contribution in [3.63, 3.8) is 0 Å². The Bertz CT molecular complexity index is 787. The zero-order valence-corrected chi connectivity index (χ0v) is 15.2. The van der Waals surface area contributed by atoms with Crippen LogP contribution < -0.4 is 16.6 Å². The Balaban J connectivity index is 2.09. The molecule has 0 spiro atoms. The first-order chi connectivity index (χ1) is 13.1. The summed E-state index contributed by atoms with van der Waals surface area (Å²) < 4.78 is 0. The quantitative estimate of drug-likeness (QED) is 0.338. The number of hydrazone groups is 2. The maximum absolute atomic E-state index is 10.9. The third kappa shape index (κ3) is 6.81. The molecule has 0 fully saturated rings. The fourth-order valence-corrected chi connectivity index (χ4v) is 2.80. The first kappa shape index (κ1) is 20.0.